The number of aryl methyl sites for hydroxylation is 1. The van der Waals surface area contributed by atoms with E-state index in [-0.39, 0.29) is 5.91 Å². The Morgan fingerprint density at radius 1 is 1.06 bits per heavy atom. The molecule has 1 amide bonds. The summed E-state index contributed by atoms with van der Waals surface area (Å²) in [5.74, 6) is 2.08. The number of carbonyl (C=O) groups excluding carboxylic acids is 1. The van der Waals surface area contributed by atoms with Crippen LogP contribution in [-0.4, -0.2) is 58.9 Å². The van der Waals surface area contributed by atoms with Crippen LogP contribution in [0.1, 0.15) is 12.8 Å². The van der Waals surface area contributed by atoms with Gasteiger partial charge in [-0.05, 0) is 35.7 Å². The Kier molecular flexibility index (Phi) is 5.73. The van der Waals surface area contributed by atoms with Crippen LogP contribution in [0.2, 0.25) is 0 Å². The molecular weight excluding hydrogens is 418 g/mol. The zero-order valence-electron chi connectivity index (χ0n) is 18.9. The van der Waals surface area contributed by atoms with Crippen molar-refractivity contribution in [3.8, 4) is 17.2 Å². The average molecular weight is 446 g/mol. The first-order valence-electron chi connectivity index (χ1n) is 11.2. The van der Waals surface area contributed by atoms with Crippen LogP contribution in [0.5, 0.6) is 5.75 Å². The molecule has 170 valence electrons. The van der Waals surface area contributed by atoms with Crippen molar-refractivity contribution in [2.75, 3.05) is 38.2 Å². The lowest BCUT2D eigenvalue weighted by Crippen LogP contribution is -2.49. The Morgan fingerprint density at radius 3 is 2.67 bits per heavy atom. The first-order chi connectivity index (χ1) is 16.1. The van der Waals surface area contributed by atoms with Gasteiger partial charge in [-0.25, -0.2) is 0 Å². The highest BCUT2D eigenvalue weighted by atomic mass is 16.5. The van der Waals surface area contributed by atoms with Gasteiger partial charge in [0.05, 0.1) is 7.11 Å². The fourth-order valence-electron chi connectivity index (χ4n) is 4.23. The van der Waals surface area contributed by atoms with Crippen molar-refractivity contribution in [3.63, 3.8) is 0 Å². The predicted octanol–water partition coefficient (Wildman–Crippen LogP) is 3.61. The second kappa shape index (κ2) is 8.97. The Labute approximate surface area is 192 Å². The van der Waals surface area contributed by atoms with Crippen molar-refractivity contribution < 1.29 is 13.9 Å². The molecule has 1 aliphatic rings. The van der Waals surface area contributed by atoms with Crippen LogP contribution in [0.25, 0.3) is 22.4 Å². The molecule has 4 aromatic rings. The summed E-state index contributed by atoms with van der Waals surface area (Å²) in [5, 5.41) is 9.27. The second-order valence-corrected chi connectivity index (χ2v) is 8.14. The summed E-state index contributed by atoms with van der Waals surface area (Å²) in [6, 6.07) is 16.1. The minimum absolute atomic E-state index is 0.120. The quantitative estimate of drug-likeness (QED) is 0.451. The van der Waals surface area contributed by atoms with Crippen LogP contribution in [0.4, 0.5) is 5.69 Å². The standard InChI is InChI=1S/C25H27N5O3/c1-3-23-26-27-25(33-23)19-8-7-18-9-10-30(22(18)15-19)17-24(31)29-13-11-28(12-14-29)20-5-4-6-21(16-20)32-2/h4-10,15-16H,3,11-14,17H2,1-2H3. The van der Waals surface area contributed by atoms with E-state index in [9.17, 15) is 4.79 Å². The van der Waals surface area contributed by atoms with E-state index < -0.39 is 0 Å². The third-order valence-electron chi connectivity index (χ3n) is 6.15. The van der Waals surface area contributed by atoms with Gasteiger partial charge in [-0.1, -0.05) is 19.1 Å². The normalized spacial score (nSPS) is 14.1. The highest BCUT2D eigenvalue weighted by Crippen LogP contribution is 2.25. The smallest absolute Gasteiger partial charge is 0.247 e. The van der Waals surface area contributed by atoms with Crippen molar-refractivity contribution in [2.24, 2.45) is 0 Å². The average Bonchev–Trinajstić information content (AvgIpc) is 3.51. The molecule has 8 heteroatoms. The lowest BCUT2D eigenvalue weighted by molar-refractivity contribution is -0.132. The van der Waals surface area contributed by atoms with Crippen molar-refractivity contribution in [1.29, 1.82) is 0 Å². The van der Waals surface area contributed by atoms with Crippen molar-refractivity contribution in [2.45, 2.75) is 19.9 Å². The molecule has 0 spiro atoms. The van der Waals surface area contributed by atoms with Gasteiger partial charge in [0.2, 0.25) is 17.7 Å². The fraction of sp³-hybridized carbons (Fsp3) is 0.320. The third-order valence-corrected chi connectivity index (χ3v) is 6.15. The molecular formula is C25H27N5O3. The van der Waals surface area contributed by atoms with Crippen LogP contribution in [0, 0.1) is 0 Å². The number of hydrogen-bond donors (Lipinski definition) is 0. The number of rotatable bonds is 6. The summed E-state index contributed by atoms with van der Waals surface area (Å²) >= 11 is 0. The summed E-state index contributed by atoms with van der Waals surface area (Å²) in [6.45, 7) is 5.27. The molecule has 3 heterocycles. The first-order valence-corrected chi connectivity index (χ1v) is 11.2. The highest BCUT2D eigenvalue weighted by Gasteiger charge is 2.22. The van der Waals surface area contributed by atoms with Gasteiger partial charge in [0.1, 0.15) is 12.3 Å². The molecule has 1 aliphatic heterocycles. The lowest BCUT2D eigenvalue weighted by Gasteiger charge is -2.36. The number of piperazine rings is 1. The summed E-state index contributed by atoms with van der Waals surface area (Å²) < 4.78 is 13.0. The zero-order chi connectivity index (χ0) is 22.8. The van der Waals surface area contributed by atoms with E-state index in [0.717, 1.165) is 41.0 Å². The van der Waals surface area contributed by atoms with Crippen molar-refractivity contribution in [3.05, 3.63) is 60.6 Å². The van der Waals surface area contributed by atoms with E-state index >= 15 is 0 Å². The number of benzene rings is 2. The molecule has 1 fully saturated rings. The molecule has 0 N–H and O–H groups in total. The van der Waals surface area contributed by atoms with Crippen LogP contribution in [0.15, 0.2) is 59.1 Å². The maximum absolute atomic E-state index is 13.1. The number of fused-ring (bicyclic) bond motifs is 1. The number of methoxy groups -OCH3 is 1. The Balaban J connectivity index is 1.27. The third kappa shape index (κ3) is 4.28. The number of nitrogens with zero attached hydrogens (tertiary/aromatic N) is 5. The van der Waals surface area contributed by atoms with Gasteiger partial charge in [0, 0.05) is 61.6 Å². The van der Waals surface area contributed by atoms with Crippen LogP contribution in [0.3, 0.4) is 0 Å². The van der Waals surface area contributed by atoms with Crippen molar-refractivity contribution in [1.82, 2.24) is 19.7 Å². The maximum Gasteiger partial charge on any atom is 0.247 e. The predicted molar refractivity (Wildman–Crippen MR) is 126 cm³/mol. The topological polar surface area (TPSA) is 76.6 Å². The van der Waals surface area contributed by atoms with Crippen LogP contribution < -0.4 is 9.64 Å². The van der Waals surface area contributed by atoms with E-state index in [0.29, 0.717) is 37.8 Å². The first kappa shape index (κ1) is 21.1. The monoisotopic (exact) mass is 445 g/mol. The number of anilines is 1. The molecule has 0 aliphatic carbocycles. The molecule has 0 atom stereocenters. The molecule has 0 radical (unpaired) electrons. The fourth-order valence-corrected chi connectivity index (χ4v) is 4.23. The van der Waals surface area contributed by atoms with Gasteiger partial charge < -0.3 is 23.5 Å². The number of ether oxygens (including phenoxy) is 1. The minimum atomic E-state index is 0.120. The molecule has 1 saturated heterocycles. The molecule has 5 rings (SSSR count). The van der Waals surface area contributed by atoms with E-state index in [1.54, 1.807) is 7.11 Å². The second-order valence-electron chi connectivity index (χ2n) is 8.14. The molecule has 8 nitrogen and oxygen atoms in total. The lowest BCUT2D eigenvalue weighted by atomic mass is 10.1. The summed E-state index contributed by atoms with van der Waals surface area (Å²) in [7, 11) is 1.67. The summed E-state index contributed by atoms with van der Waals surface area (Å²) in [4.78, 5) is 17.3. The number of hydrogen-bond acceptors (Lipinski definition) is 6. The molecule has 0 unspecified atom stereocenters. The van der Waals surface area contributed by atoms with E-state index in [1.807, 2.05) is 65.1 Å². The number of aromatic nitrogens is 3. The van der Waals surface area contributed by atoms with E-state index in [1.165, 1.54) is 0 Å². The van der Waals surface area contributed by atoms with Crippen molar-refractivity contribution >= 4 is 22.5 Å². The summed E-state index contributed by atoms with van der Waals surface area (Å²) in [6.07, 6.45) is 2.66. The van der Waals surface area contributed by atoms with Gasteiger partial charge in [0.15, 0.2) is 0 Å². The summed E-state index contributed by atoms with van der Waals surface area (Å²) in [5.41, 5.74) is 2.96. The highest BCUT2D eigenvalue weighted by molar-refractivity contribution is 5.86. The number of amides is 1. The maximum atomic E-state index is 13.1. The molecule has 0 saturated carbocycles. The van der Waals surface area contributed by atoms with Crippen LogP contribution in [-0.2, 0) is 17.8 Å². The van der Waals surface area contributed by atoms with Crippen LogP contribution >= 0.6 is 0 Å². The van der Waals surface area contributed by atoms with Gasteiger partial charge >= 0.3 is 0 Å². The molecule has 2 aromatic heterocycles. The van der Waals surface area contributed by atoms with Gasteiger partial charge in [-0.15, -0.1) is 10.2 Å². The van der Waals surface area contributed by atoms with E-state index in [4.69, 9.17) is 9.15 Å². The zero-order valence-corrected chi connectivity index (χ0v) is 18.9. The van der Waals surface area contributed by atoms with Gasteiger partial charge in [-0.2, -0.15) is 0 Å². The number of carbonyl (C=O) groups is 1. The Hall–Kier alpha value is -3.81. The molecule has 33 heavy (non-hydrogen) atoms. The minimum Gasteiger partial charge on any atom is -0.497 e. The Morgan fingerprint density at radius 2 is 1.91 bits per heavy atom. The van der Waals surface area contributed by atoms with Gasteiger partial charge in [0.25, 0.3) is 0 Å². The molecule has 2 aromatic carbocycles. The SMILES string of the molecule is CCc1nnc(-c2ccc3ccn(CC(=O)N4CCN(c5cccc(OC)c5)CC4)c3c2)o1. The largest absolute Gasteiger partial charge is 0.497 e. The van der Waals surface area contributed by atoms with E-state index in [2.05, 4.69) is 21.2 Å². The Bertz CT molecular complexity index is 1270. The molecule has 0 bridgehead atoms. The van der Waals surface area contributed by atoms with Gasteiger partial charge in [-0.3, -0.25) is 4.79 Å².